The second kappa shape index (κ2) is 6.95. The first kappa shape index (κ1) is 17.6. The van der Waals surface area contributed by atoms with Crippen LogP contribution in [0.15, 0.2) is 18.2 Å². The standard InChI is InChI=1S/C18H20F3N3O/c19-18(20,21)15-5-4-13(12-22)11-16(15)23-9-6-14(7-10-23)24-8-2-1-3-17(24)25/h4-5,11,14H,1-3,6-10H2. The van der Waals surface area contributed by atoms with E-state index >= 15 is 0 Å². The lowest BCUT2D eigenvalue weighted by atomic mass is 9.98. The molecule has 3 rings (SSSR count). The summed E-state index contributed by atoms with van der Waals surface area (Å²) < 4.78 is 39.9. The van der Waals surface area contributed by atoms with Crippen molar-refractivity contribution in [2.45, 2.75) is 44.3 Å². The van der Waals surface area contributed by atoms with E-state index < -0.39 is 11.7 Å². The smallest absolute Gasteiger partial charge is 0.371 e. The van der Waals surface area contributed by atoms with Crippen molar-refractivity contribution in [1.29, 1.82) is 5.26 Å². The van der Waals surface area contributed by atoms with Gasteiger partial charge in [0.15, 0.2) is 0 Å². The Hall–Kier alpha value is -2.23. The van der Waals surface area contributed by atoms with E-state index in [9.17, 15) is 18.0 Å². The Kier molecular flexibility index (Phi) is 4.89. The molecule has 2 saturated heterocycles. The lowest BCUT2D eigenvalue weighted by Gasteiger charge is -2.41. The van der Waals surface area contributed by atoms with Crippen LogP contribution in [0.3, 0.4) is 0 Å². The number of likely N-dealkylation sites (tertiary alicyclic amines) is 1. The van der Waals surface area contributed by atoms with Gasteiger partial charge in [-0.15, -0.1) is 0 Å². The van der Waals surface area contributed by atoms with Crippen LogP contribution in [0.1, 0.15) is 43.2 Å². The first-order chi connectivity index (χ1) is 11.9. The molecule has 134 valence electrons. The number of hydrogen-bond acceptors (Lipinski definition) is 3. The van der Waals surface area contributed by atoms with Crippen LogP contribution in [-0.4, -0.2) is 36.5 Å². The van der Waals surface area contributed by atoms with E-state index in [4.69, 9.17) is 5.26 Å². The van der Waals surface area contributed by atoms with Gasteiger partial charge in [0, 0.05) is 32.1 Å². The van der Waals surface area contributed by atoms with Gasteiger partial charge < -0.3 is 9.80 Å². The number of alkyl halides is 3. The van der Waals surface area contributed by atoms with E-state index in [2.05, 4.69) is 0 Å². The summed E-state index contributed by atoms with van der Waals surface area (Å²) in [5, 5.41) is 9.00. The number of benzene rings is 1. The highest BCUT2D eigenvalue weighted by molar-refractivity contribution is 5.77. The molecule has 0 unspecified atom stereocenters. The van der Waals surface area contributed by atoms with Crippen LogP contribution in [0.5, 0.6) is 0 Å². The maximum absolute atomic E-state index is 13.3. The summed E-state index contributed by atoms with van der Waals surface area (Å²) in [6, 6.07) is 5.51. The highest BCUT2D eigenvalue weighted by Gasteiger charge is 2.36. The quantitative estimate of drug-likeness (QED) is 0.819. The van der Waals surface area contributed by atoms with Crippen LogP contribution in [0.25, 0.3) is 0 Å². The third-order valence-electron chi connectivity index (χ3n) is 5.04. The zero-order valence-electron chi connectivity index (χ0n) is 13.9. The van der Waals surface area contributed by atoms with Crippen LogP contribution in [0.2, 0.25) is 0 Å². The topological polar surface area (TPSA) is 47.3 Å². The summed E-state index contributed by atoms with van der Waals surface area (Å²) in [6.07, 6.45) is -0.663. The number of anilines is 1. The fourth-order valence-corrected chi connectivity index (χ4v) is 3.73. The maximum Gasteiger partial charge on any atom is 0.418 e. The molecule has 0 bridgehead atoms. The van der Waals surface area contributed by atoms with Gasteiger partial charge in [0.25, 0.3) is 0 Å². The molecule has 1 aromatic rings. The molecular weight excluding hydrogens is 331 g/mol. The minimum Gasteiger partial charge on any atom is -0.371 e. The molecule has 7 heteroatoms. The number of hydrogen-bond donors (Lipinski definition) is 0. The molecule has 25 heavy (non-hydrogen) atoms. The SMILES string of the molecule is N#Cc1ccc(C(F)(F)F)c(N2CCC(N3CCCCC3=O)CC2)c1. The molecule has 1 aromatic carbocycles. The Morgan fingerprint density at radius 3 is 2.44 bits per heavy atom. The molecule has 2 aliphatic rings. The third-order valence-corrected chi connectivity index (χ3v) is 5.04. The number of amides is 1. The van der Waals surface area contributed by atoms with E-state index in [1.165, 1.54) is 12.1 Å². The van der Waals surface area contributed by atoms with Gasteiger partial charge in [-0.2, -0.15) is 18.4 Å². The van der Waals surface area contributed by atoms with Crippen LogP contribution < -0.4 is 4.90 Å². The zero-order valence-corrected chi connectivity index (χ0v) is 13.9. The van der Waals surface area contributed by atoms with Crippen molar-refractivity contribution in [2.24, 2.45) is 0 Å². The van der Waals surface area contributed by atoms with Crippen LogP contribution in [0, 0.1) is 11.3 Å². The molecule has 4 nitrogen and oxygen atoms in total. The van der Waals surface area contributed by atoms with E-state index in [1.54, 1.807) is 4.90 Å². The van der Waals surface area contributed by atoms with E-state index in [-0.39, 0.29) is 23.2 Å². The molecule has 2 heterocycles. The molecule has 0 saturated carbocycles. The fourth-order valence-electron chi connectivity index (χ4n) is 3.73. The normalized spacial score (nSPS) is 19.8. The van der Waals surface area contributed by atoms with E-state index in [1.807, 2.05) is 11.0 Å². The molecule has 0 aromatic heterocycles. The van der Waals surface area contributed by atoms with Crippen molar-refractivity contribution in [3.05, 3.63) is 29.3 Å². The molecule has 2 fully saturated rings. The first-order valence-corrected chi connectivity index (χ1v) is 8.56. The minimum atomic E-state index is -4.46. The van der Waals surface area contributed by atoms with Gasteiger partial charge in [0.05, 0.1) is 22.9 Å². The molecule has 0 radical (unpaired) electrons. The summed E-state index contributed by atoms with van der Waals surface area (Å²) in [5.74, 6) is 0.159. The monoisotopic (exact) mass is 351 g/mol. The molecule has 0 spiro atoms. The number of rotatable bonds is 2. The van der Waals surface area contributed by atoms with Gasteiger partial charge in [0.1, 0.15) is 0 Å². The number of nitriles is 1. The average molecular weight is 351 g/mol. The first-order valence-electron chi connectivity index (χ1n) is 8.56. The summed E-state index contributed by atoms with van der Waals surface area (Å²) in [5.41, 5.74) is -0.426. The van der Waals surface area contributed by atoms with Gasteiger partial charge >= 0.3 is 6.18 Å². The molecule has 0 atom stereocenters. The predicted molar refractivity (Wildman–Crippen MR) is 87.0 cm³/mol. The molecule has 0 N–H and O–H groups in total. The summed E-state index contributed by atoms with van der Waals surface area (Å²) >= 11 is 0. The average Bonchev–Trinajstić information content (AvgIpc) is 2.61. The number of carbonyl (C=O) groups is 1. The molecule has 0 aliphatic carbocycles. The van der Waals surface area contributed by atoms with Gasteiger partial charge in [-0.05, 0) is 43.9 Å². The molecule has 2 aliphatic heterocycles. The van der Waals surface area contributed by atoms with Gasteiger partial charge in [-0.1, -0.05) is 0 Å². The Labute approximate surface area is 144 Å². The maximum atomic E-state index is 13.3. The number of piperidine rings is 2. The highest BCUT2D eigenvalue weighted by atomic mass is 19.4. The van der Waals surface area contributed by atoms with Crippen molar-refractivity contribution in [1.82, 2.24) is 4.90 Å². The second-order valence-corrected chi connectivity index (χ2v) is 6.60. The van der Waals surface area contributed by atoms with Crippen molar-refractivity contribution in [3.8, 4) is 6.07 Å². The van der Waals surface area contributed by atoms with Crippen molar-refractivity contribution < 1.29 is 18.0 Å². The zero-order chi connectivity index (χ0) is 18.0. The molecular formula is C18H20F3N3O. The van der Waals surface area contributed by atoms with Gasteiger partial charge in [-0.25, -0.2) is 0 Å². The summed E-state index contributed by atoms with van der Waals surface area (Å²) in [7, 11) is 0. The number of nitrogens with zero attached hydrogens (tertiary/aromatic N) is 3. The van der Waals surface area contributed by atoms with Crippen LogP contribution in [-0.2, 0) is 11.0 Å². The Balaban J connectivity index is 1.76. The largest absolute Gasteiger partial charge is 0.418 e. The Morgan fingerprint density at radius 1 is 1.12 bits per heavy atom. The second-order valence-electron chi connectivity index (χ2n) is 6.60. The Morgan fingerprint density at radius 2 is 1.84 bits per heavy atom. The van der Waals surface area contributed by atoms with Crippen LogP contribution in [0.4, 0.5) is 18.9 Å². The van der Waals surface area contributed by atoms with E-state index in [0.29, 0.717) is 32.4 Å². The lowest BCUT2D eigenvalue weighted by molar-refractivity contribution is -0.137. The van der Waals surface area contributed by atoms with Crippen molar-refractivity contribution >= 4 is 11.6 Å². The third kappa shape index (κ3) is 3.73. The minimum absolute atomic E-state index is 0.0648. The van der Waals surface area contributed by atoms with E-state index in [0.717, 1.165) is 25.5 Å². The number of carbonyl (C=O) groups excluding carboxylic acids is 1. The lowest BCUT2D eigenvalue weighted by Crippen LogP contribution is -2.49. The van der Waals surface area contributed by atoms with Crippen molar-refractivity contribution in [2.75, 3.05) is 24.5 Å². The van der Waals surface area contributed by atoms with Gasteiger partial charge in [0.2, 0.25) is 5.91 Å². The summed E-state index contributed by atoms with van der Waals surface area (Å²) in [4.78, 5) is 15.6. The number of halogens is 3. The Bertz CT molecular complexity index is 688. The summed E-state index contributed by atoms with van der Waals surface area (Å²) in [6.45, 7) is 1.65. The van der Waals surface area contributed by atoms with Crippen LogP contribution >= 0.6 is 0 Å². The molecule has 1 amide bonds. The predicted octanol–water partition coefficient (Wildman–Crippen LogP) is 3.56. The fraction of sp³-hybridized carbons (Fsp3) is 0.556. The van der Waals surface area contributed by atoms with Gasteiger partial charge in [-0.3, -0.25) is 4.79 Å². The highest BCUT2D eigenvalue weighted by Crippen LogP contribution is 2.38. The van der Waals surface area contributed by atoms with Crippen molar-refractivity contribution in [3.63, 3.8) is 0 Å².